The van der Waals surface area contributed by atoms with Gasteiger partial charge in [-0.2, -0.15) is 0 Å². The highest BCUT2D eigenvalue weighted by atomic mass is 16.5. The van der Waals surface area contributed by atoms with E-state index in [1.54, 1.807) is 54.6 Å². The summed E-state index contributed by atoms with van der Waals surface area (Å²) < 4.78 is 15.4. The van der Waals surface area contributed by atoms with Crippen LogP contribution in [0.5, 0.6) is 11.5 Å². The molecule has 0 fully saturated rings. The topological polar surface area (TPSA) is 78.9 Å². The first-order valence-corrected chi connectivity index (χ1v) is 9.15. The summed E-state index contributed by atoms with van der Waals surface area (Å²) in [7, 11) is 2.95. The predicted octanol–water partition coefficient (Wildman–Crippen LogP) is 3.97. The molecule has 0 heterocycles. The van der Waals surface area contributed by atoms with Crippen molar-refractivity contribution < 1.29 is 28.6 Å². The van der Waals surface area contributed by atoms with E-state index < -0.39 is 18.4 Å². The van der Waals surface area contributed by atoms with E-state index in [1.165, 1.54) is 26.4 Å². The van der Waals surface area contributed by atoms with Gasteiger partial charge in [-0.15, -0.1) is 0 Å². The molecule has 0 spiro atoms. The minimum Gasteiger partial charge on any atom is -0.497 e. The highest BCUT2D eigenvalue weighted by molar-refractivity contribution is 6.09. The van der Waals surface area contributed by atoms with Crippen LogP contribution in [-0.2, 0) is 4.74 Å². The van der Waals surface area contributed by atoms with Crippen molar-refractivity contribution in [3.63, 3.8) is 0 Å². The van der Waals surface area contributed by atoms with Crippen LogP contribution in [0.4, 0.5) is 0 Å². The van der Waals surface area contributed by atoms with E-state index in [2.05, 4.69) is 0 Å². The van der Waals surface area contributed by atoms with Gasteiger partial charge in [-0.1, -0.05) is 42.5 Å². The van der Waals surface area contributed by atoms with Gasteiger partial charge < -0.3 is 14.2 Å². The maximum Gasteiger partial charge on any atom is 0.338 e. The zero-order valence-corrected chi connectivity index (χ0v) is 16.6. The Bertz CT molecular complexity index is 1050. The Hall–Kier alpha value is -3.93. The van der Waals surface area contributed by atoms with E-state index in [1.807, 2.05) is 6.07 Å². The van der Waals surface area contributed by atoms with Crippen molar-refractivity contribution in [1.29, 1.82) is 0 Å². The van der Waals surface area contributed by atoms with Crippen LogP contribution in [0.25, 0.3) is 0 Å². The molecule has 0 N–H and O–H groups in total. The second-order valence-electron chi connectivity index (χ2n) is 6.34. The lowest BCUT2D eigenvalue weighted by Crippen LogP contribution is -2.15. The molecule has 3 rings (SSSR count). The molecular weight excluding hydrogens is 384 g/mol. The molecule has 0 bridgehead atoms. The number of ketones is 2. The standard InChI is InChI=1S/C24H20O6/c1-28-19-12-13-20(22(14-19)29-2)21(25)15-30-24(27)18-10-8-17(9-11-18)23(26)16-6-4-3-5-7-16/h3-14H,15H2,1-2H3. The minimum absolute atomic E-state index is 0.141. The fraction of sp³-hybridized carbons (Fsp3) is 0.125. The quantitative estimate of drug-likeness (QED) is 0.417. The lowest BCUT2D eigenvalue weighted by atomic mass is 10.0. The van der Waals surface area contributed by atoms with Gasteiger partial charge in [-0.05, 0) is 24.3 Å². The molecule has 6 nitrogen and oxygen atoms in total. The summed E-state index contributed by atoms with van der Waals surface area (Å²) in [6.07, 6.45) is 0. The molecule has 0 aliphatic heterocycles. The average Bonchev–Trinajstić information content (AvgIpc) is 2.82. The number of rotatable bonds is 8. The largest absolute Gasteiger partial charge is 0.497 e. The van der Waals surface area contributed by atoms with Crippen molar-refractivity contribution in [3.05, 3.63) is 95.1 Å². The van der Waals surface area contributed by atoms with Gasteiger partial charge in [0.15, 0.2) is 12.4 Å². The number of methoxy groups -OCH3 is 2. The van der Waals surface area contributed by atoms with Crippen molar-refractivity contribution in [2.24, 2.45) is 0 Å². The third-order valence-corrected chi connectivity index (χ3v) is 4.46. The average molecular weight is 404 g/mol. The first-order chi connectivity index (χ1) is 14.5. The van der Waals surface area contributed by atoms with Gasteiger partial charge in [0.1, 0.15) is 11.5 Å². The van der Waals surface area contributed by atoms with E-state index in [0.717, 1.165) is 0 Å². The van der Waals surface area contributed by atoms with Crippen LogP contribution in [0.1, 0.15) is 36.6 Å². The van der Waals surface area contributed by atoms with E-state index >= 15 is 0 Å². The van der Waals surface area contributed by atoms with Crippen LogP contribution in [0.15, 0.2) is 72.8 Å². The van der Waals surface area contributed by atoms with Crippen molar-refractivity contribution in [2.45, 2.75) is 0 Å². The molecule has 30 heavy (non-hydrogen) atoms. The first kappa shape index (κ1) is 20.8. The second-order valence-corrected chi connectivity index (χ2v) is 6.34. The fourth-order valence-corrected chi connectivity index (χ4v) is 2.83. The van der Waals surface area contributed by atoms with Crippen LogP contribution in [-0.4, -0.2) is 38.4 Å². The van der Waals surface area contributed by atoms with Crippen LogP contribution < -0.4 is 9.47 Å². The van der Waals surface area contributed by atoms with Gasteiger partial charge in [-0.3, -0.25) is 9.59 Å². The summed E-state index contributed by atoms with van der Waals surface area (Å²) >= 11 is 0. The van der Waals surface area contributed by atoms with Crippen LogP contribution in [0, 0.1) is 0 Å². The molecule has 0 aliphatic rings. The Morgan fingerprint density at radius 2 is 1.37 bits per heavy atom. The van der Waals surface area contributed by atoms with Gasteiger partial charge >= 0.3 is 5.97 Å². The number of ether oxygens (including phenoxy) is 3. The van der Waals surface area contributed by atoms with Gasteiger partial charge in [-0.25, -0.2) is 4.79 Å². The molecule has 3 aromatic carbocycles. The molecule has 3 aromatic rings. The number of benzene rings is 3. The van der Waals surface area contributed by atoms with E-state index in [0.29, 0.717) is 22.6 Å². The highest BCUT2D eigenvalue weighted by Gasteiger charge is 2.17. The van der Waals surface area contributed by atoms with Crippen molar-refractivity contribution in [3.8, 4) is 11.5 Å². The summed E-state index contributed by atoms with van der Waals surface area (Å²) in [6, 6.07) is 19.7. The Labute approximate surface area is 174 Å². The van der Waals surface area contributed by atoms with Gasteiger partial charge in [0, 0.05) is 17.2 Å². The summed E-state index contributed by atoms with van der Waals surface area (Å²) in [5.41, 5.74) is 1.55. The number of carbonyl (C=O) groups excluding carboxylic acids is 3. The van der Waals surface area contributed by atoms with E-state index in [9.17, 15) is 14.4 Å². The molecule has 0 amide bonds. The van der Waals surface area contributed by atoms with Gasteiger partial charge in [0.2, 0.25) is 5.78 Å². The molecule has 0 atom stereocenters. The Morgan fingerprint density at radius 1 is 0.733 bits per heavy atom. The summed E-state index contributed by atoms with van der Waals surface area (Å²) in [5, 5.41) is 0. The molecule has 0 radical (unpaired) electrons. The van der Waals surface area contributed by atoms with Crippen molar-refractivity contribution in [1.82, 2.24) is 0 Å². The number of hydrogen-bond acceptors (Lipinski definition) is 6. The van der Waals surface area contributed by atoms with Crippen LogP contribution in [0.3, 0.4) is 0 Å². The first-order valence-electron chi connectivity index (χ1n) is 9.15. The van der Waals surface area contributed by atoms with Gasteiger partial charge in [0.05, 0.1) is 25.3 Å². The number of Topliss-reactive ketones (excluding diaryl/α,β-unsaturated/α-hetero) is 1. The van der Waals surface area contributed by atoms with Crippen LogP contribution in [0.2, 0.25) is 0 Å². The van der Waals surface area contributed by atoms with Crippen molar-refractivity contribution in [2.75, 3.05) is 20.8 Å². The number of esters is 1. The predicted molar refractivity (Wildman–Crippen MR) is 110 cm³/mol. The monoisotopic (exact) mass is 404 g/mol. The van der Waals surface area contributed by atoms with Crippen LogP contribution >= 0.6 is 0 Å². The van der Waals surface area contributed by atoms with E-state index in [4.69, 9.17) is 14.2 Å². The van der Waals surface area contributed by atoms with Crippen molar-refractivity contribution >= 4 is 17.5 Å². The maximum atomic E-state index is 12.4. The third-order valence-electron chi connectivity index (χ3n) is 4.46. The molecule has 0 aromatic heterocycles. The smallest absolute Gasteiger partial charge is 0.338 e. The Balaban J connectivity index is 1.64. The Kier molecular flexibility index (Phi) is 6.60. The molecule has 152 valence electrons. The molecule has 0 saturated carbocycles. The second kappa shape index (κ2) is 9.52. The number of carbonyl (C=O) groups is 3. The highest BCUT2D eigenvalue weighted by Crippen LogP contribution is 2.25. The molecular formula is C24H20O6. The Morgan fingerprint density at radius 3 is 2.00 bits per heavy atom. The molecule has 6 heteroatoms. The zero-order chi connectivity index (χ0) is 21.5. The van der Waals surface area contributed by atoms with E-state index in [-0.39, 0.29) is 16.9 Å². The zero-order valence-electron chi connectivity index (χ0n) is 16.6. The summed E-state index contributed by atoms with van der Waals surface area (Å²) in [4.78, 5) is 37.1. The summed E-state index contributed by atoms with van der Waals surface area (Å²) in [5.74, 6) is -0.324. The maximum absolute atomic E-state index is 12.4. The minimum atomic E-state index is -0.658. The SMILES string of the molecule is COc1ccc(C(=O)COC(=O)c2ccc(C(=O)c3ccccc3)cc2)c(OC)c1. The molecule has 0 unspecified atom stereocenters. The third kappa shape index (κ3) is 4.72. The normalized spacial score (nSPS) is 10.2. The fourth-order valence-electron chi connectivity index (χ4n) is 2.83. The lowest BCUT2D eigenvalue weighted by molar-refractivity contribution is 0.0474. The summed E-state index contributed by atoms with van der Waals surface area (Å²) in [6.45, 7) is -0.438. The number of hydrogen-bond donors (Lipinski definition) is 0. The lowest BCUT2D eigenvalue weighted by Gasteiger charge is -2.10. The van der Waals surface area contributed by atoms with Gasteiger partial charge in [0.25, 0.3) is 0 Å². The molecule has 0 aliphatic carbocycles. The molecule has 0 saturated heterocycles.